The number of hydrogen-bond donors (Lipinski definition) is 2. The van der Waals surface area contributed by atoms with Gasteiger partial charge in [-0.1, -0.05) is 29.3 Å². The second-order valence-electron chi connectivity index (χ2n) is 4.55. The zero-order valence-corrected chi connectivity index (χ0v) is 13.3. The summed E-state index contributed by atoms with van der Waals surface area (Å²) in [5.74, 6) is -0.540. The monoisotopic (exact) mass is 336 g/mol. The van der Waals surface area contributed by atoms with Crippen molar-refractivity contribution in [3.8, 4) is 0 Å². The van der Waals surface area contributed by atoms with Crippen molar-refractivity contribution < 1.29 is 9.59 Å². The van der Waals surface area contributed by atoms with Crippen LogP contribution in [-0.2, 0) is 0 Å². The van der Waals surface area contributed by atoms with Crippen LogP contribution in [0.15, 0.2) is 42.5 Å². The third kappa shape index (κ3) is 4.23. The van der Waals surface area contributed by atoms with Gasteiger partial charge in [-0.2, -0.15) is 0 Å². The fourth-order valence-electron chi connectivity index (χ4n) is 1.89. The first-order valence-corrected chi connectivity index (χ1v) is 7.41. The highest BCUT2D eigenvalue weighted by molar-refractivity contribution is 6.35. The lowest BCUT2D eigenvalue weighted by Gasteiger charge is -2.08. The predicted molar refractivity (Wildman–Crippen MR) is 88.9 cm³/mol. The summed E-state index contributed by atoms with van der Waals surface area (Å²) in [5.41, 5.74) is 1.34. The Bertz CT molecular complexity index is 697. The van der Waals surface area contributed by atoms with Crippen LogP contribution < -0.4 is 10.6 Å². The van der Waals surface area contributed by atoms with Gasteiger partial charge in [-0.15, -0.1) is 0 Å². The highest BCUT2D eigenvalue weighted by atomic mass is 35.5. The van der Waals surface area contributed by atoms with Crippen LogP contribution in [0.3, 0.4) is 0 Å². The largest absolute Gasteiger partial charge is 0.352 e. The van der Waals surface area contributed by atoms with Crippen molar-refractivity contribution in [1.29, 1.82) is 0 Å². The quantitative estimate of drug-likeness (QED) is 0.886. The second kappa shape index (κ2) is 7.29. The van der Waals surface area contributed by atoms with Crippen LogP contribution in [0.1, 0.15) is 27.6 Å². The van der Waals surface area contributed by atoms with Gasteiger partial charge in [0, 0.05) is 33.4 Å². The zero-order valence-electron chi connectivity index (χ0n) is 11.8. The maximum absolute atomic E-state index is 12.2. The molecule has 6 heteroatoms. The minimum atomic E-state index is -0.350. The molecule has 2 aromatic carbocycles. The molecular weight excluding hydrogens is 323 g/mol. The number of carbonyl (C=O) groups excluding carboxylic acids is 2. The maximum atomic E-state index is 12.2. The van der Waals surface area contributed by atoms with Crippen LogP contribution in [0.4, 0.5) is 5.69 Å². The maximum Gasteiger partial charge on any atom is 0.255 e. The van der Waals surface area contributed by atoms with Gasteiger partial charge in [0.05, 0.1) is 0 Å². The highest BCUT2D eigenvalue weighted by Crippen LogP contribution is 2.20. The lowest BCUT2D eigenvalue weighted by Crippen LogP contribution is -2.22. The molecule has 4 nitrogen and oxygen atoms in total. The number of benzene rings is 2. The molecule has 0 atom stereocenters. The molecule has 0 aliphatic carbocycles. The van der Waals surface area contributed by atoms with E-state index in [1.165, 1.54) is 12.1 Å². The first-order chi connectivity index (χ1) is 10.5. The summed E-state index contributed by atoms with van der Waals surface area (Å²) in [6.07, 6.45) is 0. The Morgan fingerprint density at radius 2 is 1.64 bits per heavy atom. The first kappa shape index (κ1) is 16.3. The Kier molecular flexibility index (Phi) is 5.41. The Balaban J connectivity index is 2.18. The number of halogens is 2. The average Bonchev–Trinajstić information content (AvgIpc) is 2.46. The van der Waals surface area contributed by atoms with E-state index >= 15 is 0 Å². The minimum Gasteiger partial charge on any atom is -0.352 e. The van der Waals surface area contributed by atoms with Crippen LogP contribution in [0.25, 0.3) is 0 Å². The summed E-state index contributed by atoms with van der Waals surface area (Å²) in [6.45, 7) is 2.38. The fourth-order valence-corrected chi connectivity index (χ4v) is 2.42. The van der Waals surface area contributed by atoms with E-state index in [0.29, 0.717) is 33.4 Å². The average molecular weight is 337 g/mol. The second-order valence-corrected chi connectivity index (χ2v) is 5.43. The fraction of sp³-hybridized carbons (Fsp3) is 0.125. The molecular formula is C16H14Cl2N2O2. The van der Waals surface area contributed by atoms with Crippen molar-refractivity contribution in [2.45, 2.75) is 6.92 Å². The van der Waals surface area contributed by atoms with Crippen LogP contribution in [0.5, 0.6) is 0 Å². The molecule has 0 spiro atoms. The van der Waals surface area contributed by atoms with Crippen LogP contribution in [-0.4, -0.2) is 18.4 Å². The van der Waals surface area contributed by atoms with Crippen molar-refractivity contribution in [2.24, 2.45) is 0 Å². The van der Waals surface area contributed by atoms with Gasteiger partial charge in [0.2, 0.25) is 0 Å². The molecule has 114 valence electrons. The summed E-state index contributed by atoms with van der Waals surface area (Å²) in [6, 6.07) is 11.3. The van der Waals surface area contributed by atoms with E-state index < -0.39 is 0 Å². The number of hydrogen-bond acceptors (Lipinski definition) is 2. The number of amides is 2. The van der Waals surface area contributed by atoms with Gasteiger partial charge < -0.3 is 10.6 Å². The molecule has 2 amide bonds. The van der Waals surface area contributed by atoms with Crippen molar-refractivity contribution in [3.63, 3.8) is 0 Å². The molecule has 2 rings (SSSR count). The molecule has 0 saturated carbocycles. The van der Waals surface area contributed by atoms with E-state index in [9.17, 15) is 9.59 Å². The number of anilines is 1. The Morgan fingerprint density at radius 1 is 0.955 bits per heavy atom. The molecule has 2 N–H and O–H groups in total. The van der Waals surface area contributed by atoms with Crippen molar-refractivity contribution in [3.05, 3.63) is 63.6 Å². The van der Waals surface area contributed by atoms with Gasteiger partial charge in [0.25, 0.3) is 11.8 Å². The van der Waals surface area contributed by atoms with E-state index in [1.54, 1.807) is 30.3 Å². The van der Waals surface area contributed by atoms with Gasteiger partial charge in [-0.3, -0.25) is 9.59 Å². The standard InChI is InChI=1S/C16H14Cl2N2O2/c1-2-19-15(21)10-4-3-5-14(8-10)20-16(22)11-6-12(17)9-13(18)7-11/h3-9H,2H2,1H3,(H,19,21)(H,20,22). The van der Waals surface area contributed by atoms with E-state index in [0.717, 1.165) is 0 Å². The molecule has 0 radical (unpaired) electrons. The summed E-state index contributed by atoms with van der Waals surface area (Å²) in [4.78, 5) is 24.0. The molecule has 22 heavy (non-hydrogen) atoms. The van der Waals surface area contributed by atoms with E-state index in [-0.39, 0.29) is 11.8 Å². The van der Waals surface area contributed by atoms with Gasteiger partial charge in [0.15, 0.2) is 0 Å². The van der Waals surface area contributed by atoms with Crippen LogP contribution in [0.2, 0.25) is 10.0 Å². The summed E-state index contributed by atoms with van der Waals surface area (Å²) < 4.78 is 0. The molecule has 0 aliphatic rings. The van der Waals surface area contributed by atoms with Gasteiger partial charge in [-0.05, 0) is 43.3 Å². The SMILES string of the molecule is CCNC(=O)c1cccc(NC(=O)c2cc(Cl)cc(Cl)c2)c1. The molecule has 0 fully saturated rings. The van der Waals surface area contributed by atoms with Crippen LogP contribution >= 0.6 is 23.2 Å². The summed E-state index contributed by atoms with van der Waals surface area (Å²) in [5, 5.41) is 6.18. The van der Waals surface area contributed by atoms with Crippen LogP contribution in [0, 0.1) is 0 Å². The lowest BCUT2D eigenvalue weighted by atomic mass is 10.1. The molecule has 2 aromatic rings. The van der Waals surface area contributed by atoms with Gasteiger partial charge >= 0.3 is 0 Å². The minimum absolute atomic E-state index is 0.190. The molecule has 0 unspecified atom stereocenters. The summed E-state index contributed by atoms with van der Waals surface area (Å²) in [7, 11) is 0. The molecule has 0 heterocycles. The van der Waals surface area contributed by atoms with E-state index in [4.69, 9.17) is 23.2 Å². The molecule has 0 aliphatic heterocycles. The number of nitrogens with one attached hydrogen (secondary N) is 2. The molecule has 0 aromatic heterocycles. The highest BCUT2D eigenvalue weighted by Gasteiger charge is 2.10. The third-order valence-corrected chi connectivity index (χ3v) is 3.28. The first-order valence-electron chi connectivity index (χ1n) is 6.65. The Labute approximate surface area is 138 Å². The number of carbonyl (C=O) groups is 2. The smallest absolute Gasteiger partial charge is 0.255 e. The topological polar surface area (TPSA) is 58.2 Å². The predicted octanol–water partition coefficient (Wildman–Crippen LogP) is 4.00. The molecule has 0 saturated heterocycles. The third-order valence-electron chi connectivity index (χ3n) is 2.84. The van der Waals surface area contributed by atoms with Gasteiger partial charge in [-0.25, -0.2) is 0 Å². The van der Waals surface area contributed by atoms with E-state index in [1.807, 2.05) is 6.92 Å². The Morgan fingerprint density at radius 3 is 2.27 bits per heavy atom. The normalized spacial score (nSPS) is 10.1. The summed E-state index contributed by atoms with van der Waals surface area (Å²) >= 11 is 11.8. The lowest BCUT2D eigenvalue weighted by molar-refractivity contribution is 0.0954. The van der Waals surface area contributed by atoms with E-state index in [2.05, 4.69) is 10.6 Å². The van der Waals surface area contributed by atoms with Crippen molar-refractivity contribution >= 4 is 40.7 Å². The van der Waals surface area contributed by atoms with Gasteiger partial charge in [0.1, 0.15) is 0 Å². The Hall–Kier alpha value is -2.04. The van der Waals surface area contributed by atoms with Crippen molar-refractivity contribution in [2.75, 3.05) is 11.9 Å². The molecule has 0 bridgehead atoms. The number of rotatable bonds is 4. The zero-order chi connectivity index (χ0) is 16.1. The van der Waals surface area contributed by atoms with Crippen molar-refractivity contribution in [1.82, 2.24) is 5.32 Å².